The molecule has 4 heteroatoms. The Balaban J connectivity index is 2.05. The van der Waals surface area contributed by atoms with Crippen LogP contribution in [0, 0.1) is 19.7 Å². The molecular formula is C17H18FN3. The number of hydrogen-bond donors (Lipinski definition) is 1. The van der Waals surface area contributed by atoms with Crippen molar-refractivity contribution in [3.63, 3.8) is 0 Å². The van der Waals surface area contributed by atoms with E-state index in [1.165, 1.54) is 28.8 Å². The molecular weight excluding hydrogens is 265 g/mol. The fraction of sp³-hybridized carbons (Fsp3) is 0.235. The highest BCUT2D eigenvalue weighted by Crippen LogP contribution is 2.33. The first-order valence-corrected chi connectivity index (χ1v) is 6.98. The molecule has 1 atom stereocenters. The van der Waals surface area contributed by atoms with E-state index in [1.54, 1.807) is 6.07 Å². The SMILES string of the molecule is Cc1ccc(C)c(C2CN=C(N)N2c2cccc(F)c2)c1. The number of nitrogens with zero attached hydrogens (tertiary/aromatic N) is 2. The first-order valence-electron chi connectivity index (χ1n) is 6.98. The maximum atomic E-state index is 13.5. The number of halogens is 1. The molecule has 0 saturated carbocycles. The molecule has 1 aliphatic heterocycles. The third kappa shape index (κ3) is 2.49. The van der Waals surface area contributed by atoms with Gasteiger partial charge in [0.1, 0.15) is 5.82 Å². The van der Waals surface area contributed by atoms with E-state index in [0.29, 0.717) is 12.5 Å². The Hall–Kier alpha value is -2.36. The van der Waals surface area contributed by atoms with Gasteiger partial charge in [0.25, 0.3) is 0 Å². The van der Waals surface area contributed by atoms with E-state index >= 15 is 0 Å². The highest BCUT2D eigenvalue weighted by molar-refractivity contribution is 5.97. The lowest BCUT2D eigenvalue weighted by atomic mass is 9.98. The van der Waals surface area contributed by atoms with Crippen molar-refractivity contribution < 1.29 is 4.39 Å². The van der Waals surface area contributed by atoms with Crippen molar-refractivity contribution in [2.75, 3.05) is 11.4 Å². The van der Waals surface area contributed by atoms with E-state index in [2.05, 4.69) is 37.0 Å². The second-order valence-electron chi connectivity index (χ2n) is 5.42. The average Bonchev–Trinajstić information content (AvgIpc) is 2.83. The number of guanidine groups is 1. The van der Waals surface area contributed by atoms with Crippen molar-refractivity contribution in [3.8, 4) is 0 Å². The van der Waals surface area contributed by atoms with Crippen LogP contribution in [0.15, 0.2) is 47.5 Å². The van der Waals surface area contributed by atoms with Crippen LogP contribution < -0.4 is 10.6 Å². The van der Waals surface area contributed by atoms with Gasteiger partial charge in [-0.15, -0.1) is 0 Å². The van der Waals surface area contributed by atoms with E-state index in [0.717, 1.165) is 5.69 Å². The number of hydrogen-bond acceptors (Lipinski definition) is 3. The highest BCUT2D eigenvalue weighted by Gasteiger charge is 2.30. The van der Waals surface area contributed by atoms with Crippen LogP contribution in [0.5, 0.6) is 0 Å². The number of nitrogens with two attached hydrogens (primary N) is 1. The Morgan fingerprint density at radius 3 is 2.76 bits per heavy atom. The number of benzene rings is 2. The zero-order chi connectivity index (χ0) is 15.0. The van der Waals surface area contributed by atoms with Gasteiger partial charge < -0.3 is 10.6 Å². The molecule has 1 aliphatic rings. The number of anilines is 1. The zero-order valence-electron chi connectivity index (χ0n) is 12.2. The Kier molecular flexibility index (Phi) is 3.37. The van der Waals surface area contributed by atoms with Crippen LogP contribution in [0.4, 0.5) is 10.1 Å². The molecule has 0 bridgehead atoms. The van der Waals surface area contributed by atoms with Gasteiger partial charge in [-0.25, -0.2) is 4.39 Å². The summed E-state index contributed by atoms with van der Waals surface area (Å²) >= 11 is 0. The fourth-order valence-electron chi connectivity index (χ4n) is 2.79. The van der Waals surface area contributed by atoms with Crippen LogP contribution in [0.25, 0.3) is 0 Å². The highest BCUT2D eigenvalue weighted by atomic mass is 19.1. The summed E-state index contributed by atoms with van der Waals surface area (Å²) in [6, 6.07) is 12.8. The second-order valence-corrected chi connectivity index (χ2v) is 5.42. The molecule has 2 aromatic rings. The molecule has 0 spiro atoms. The van der Waals surface area contributed by atoms with Crippen LogP contribution in [0.1, 0.15) is 22.7 Å². The lowest BCUT2D eigenvalue weighted by Crippen LogP contribution is -2.36. The van der Waals surface area contributed by atoms with Gasteiger partial charge in [-0.2, -0.15) is 0 Å². The van der Waals surface area contributed by atoms with E-state index in [9.17, 15) is 4.39 Å². The maximum absolute atomic E-state index is 13.5. The summed E-state index contributed by atoms with van der Waals surface area (Å²) in [4.78, 5) is 6.26. The largest absolute Gasteiger partial charge is 0.369 e. The van der Waals surface area contributed by atoms with Crippen LogP contribution >= 0.6 is 0 Å². The van der Waals surface area contributed by atoms with Crippen molar-refractivity contribution >= 4 is 11.6 Å². The lowest BCUT2D eigenvalue weighted by molar-refractivity contribution is 0.626. The Morgan fingerprint density at radius 1 is 1.19 bits per heavy atom. The van der Waals surface area contributed by atoms with E-state index < -0.39 is 0 Å². The molecule has 0 aromatic heterocycles. The molecule has 2 aromatic carbocycles. The van der Waals surface area contributed by atoms with Gasteiger partial charge in [0, 0.05) is 5.69 Å². The summed E-state index contributed by atoms with van der Waals surface area (Å²) in [7, 11) is 0. The molecule has 3 nitrogen and oxygen atoms in total. The normalized spacial score (nSPS) is 18.0. The summed E-state index contributed by atoms with van der Waals surface area (Å²) in [6.45, 7) is 4.73. The first kappa shape index (κ1) is 13.6. The molecule has 3 rings (SSSR count). The standard InChI is InChI=1S/C17H18FN3/c1-11-6-7-12(2)15(8-11)16-10-20-17(19)21(16)14-5-3-4-13(18)9-14/h3-9,16H,10H2,1-2H3,(H2,19,20). The van der Waals surface area contributed by atoms with Gasteiger partial charge in [-0.05, 0) is 43.2 Å². The van der Waals surface area contributed by atoms with Crippen molar-refractivity contribution in [1.29, 1.82) is 0 Å². The predicted octanol–water partition coefficient (Wildman–Crippen LogP) is 3.32. The van der Waals surface area contributed by atoms with Gasteiger partial charge in [-0.3, -0.25) is 4.99 Å². The van der Waals surface area contributed by atoms with Gasteiger partial charge >= 0.3 is 0 Å². The van der Waals surface area contributed by atoms with Gasteiger partial charge in [0.05, 0.1) is 12.6 Å². The summed E-state index contributed by atoms with van der Waals surface area (Å²) in [5, 5.41) is 0. The van der Waals surface area contributed by atoms with Crippen LogP contribution in [-0.4, -0.2) is 12.5 Å². The predicted molar refractivity (Wildman–Crippen MR) is 84.0 cm³/mol. The minimum Gasteiger partial charge on any atom is -0.369 e. The van der Waals surface area contributed by atoms with Crippen molar-refractivity contribution in [2.45, 2.75) is 19.9 Å². The molecule has 0 saturated heterocycles. The summed E-state index contributed by atoms with van der Waals surface area (Å²) in [5.41, 5.74) is 10.3. The second kappa shape index (κ2) is 5.20. The number of rotatable bonds is 2. The van der Waals surface area contributed by atoms with Crippen molar-refractivity contribution in [2.24, 2.45) is 10.7 Å². The van der Waals surface area contributed by atoms with E-state index in [1.807, 2.05) is 11.0 Å². The molecule has 21 heavy (non-hydrogen) atoms. The monoisotopic (exact) mass is 283 g/mol. The average molecular weight is 283 g/mol. The molecule has 1 unspecified atom stereocenters. The molecule has 0 fully saturated rings. The lowest BCUT2D eigenvalue weighted by Gasteiger charge is -2.28. The summed E-state index contributed by atoms with van der Waals surface area (Å²) in [6.07, 6.45) is 0. The van der Waals surface area contributed by atoms with Crippen molar-refractivity contribution in [1.82, 2.24) is 0 Å². The van der Waals surface area contributed by atoms with Crippen molar-refractivity contribution in [3.05, 3.63) is 65.0 Å². The maximum Gasteiger partial charge on any atom is 0.196 e. The molecule has 2 N–H and O–H groups in total. The number of aliphatic imine (C=N–C) groups is 1. The Labute approximate surface area is 123 Å². The van der Waals surface area contributed by atoms with Crippen LogP contribution in [-0.2, 0) is 0 Å². The molecule has 0 radical (unpaired) electrons. The zero-order valence-corrected chi connectivity index (χ0v) is 12.2. The Bertz CT molecular complexity index is 709. The fourth-order valence-corrected chi connectivity index (χ4v) is 2.79. The van der Waals surface area contributed by atoms with Gasteiger partial charge in [0.2, 0.25) is 0 Å². The molecule has 1 heterocycles. The first-order chi connectivity index (χ1) is 10.1. The van der Waals surface area contributed by atoms with Gasteiger partial charge in [-0.1, -0.05) is 29.8 Å². The third-order valence-corrected chi connectivity index (χ3v) is 3.86. The quantitative estimate of drug-likeness (QED) is 0.918. The minimum absolute atomic E-state index is 0.0201. The Morgan fingerprint density at radius 2 is 2.00 bits per heavy atom. The third-order valence-electron chi connectivity index (χ3n) is 3.86. The topological polar surface area (TPSA) is 41.6 Å². The van der Waals surface area contributed by atoms with E-state index in [4.69, 9.17) is 5.73 Å². The summed E-state index contributed by atoms with van der Waals surface area (Å²) in [5.74, 6) is 0.165. The van der Waals surface area contributed by atoms with Crippen LogP contribution in [0.3, 0.4) is 0 Å². The van der Waals surface area contributed by atoms with Gasteiger partial charge in [0.15, 0.2) is 5.96 Å². The minimum atomic E-state index is -0.271. The molecule has 0 aliphatic carbocycles. The van der Waals surface area contributed by atoms with Crippen LogP contribution in [0.2, 0.25) is 0 Å². The smallest absolute Gasteiger partial charge is 0.196 e. The molecule has 0 amide bonds. The summed E-state index contributed by atoms with van der Waals surface area (Å²) < 4.78 is 13.5. The van der Waals surface area contributed by atoms with E-state index in [-0.39, 0.29) is 11.9 Å². The number of aryl methyl sites for hydroxylation is 2. The molecule has 108 valence electrons.